The van der Waals surface area contributed by atoms with E-state index in [1.54, 1.807) is 24.3 Å². The maximum atomic E-state index is 14.8. The van der Waals surface area contributed by atoms with Gasteiger partial charge in [-0.2, -0.15) is 8.78 Å². The summed E-state index contributed by atoms with van der Waals surface area (Å²) in [6, 6.07) is 21.0. The summed E-state index contributed by atoms with van der Waals surface area (Å²) in [6.45, 7) is 7.13. The van der Waals surface area contributed by atoms with Gasteiger partial charge in [0.1, 0.15) is 17.9 Å². The number of ether oxygens (including phenoxy) is 1. The number of nitrogens with zero attached hydrogens (tertiary/aromatic N) is 2. The summed E-state index contributed by atoms with van der Waals surface area (Å²) < 4.78 is 58.0. The smallest absolute Gasteiger partial charge is 0.399 e. The number of nitrogen functional groups attached to an aromatic ring is 1. The van der Waals surface area contributed by atoms with Gasteiger partial charge in [0.25, 0.3) is 0 Å². The van der Waals surface area contributed by atoms with Gasteiger partial charge in [-0.15, -0.1) is 0 Å². The maximum Gasteiger partial charge on any atom is 0.399 e. The molecule has 0 atom stereocenters. The van der Waals surface area contributed by atoms with Crippen LogP contribution in [-0.4, -0.2) is 28.8 Å². The number of halogens is 2. The fraction of sp³-hybridized carbons (Fsp3) is 0.314. The first-order chi connectivity index (χ1) is 21.5. The van der Waals surface area contributed by atoms with E-state index in [9.17, 15) is 13.3 Å². The van der Waals surface area contributed by atoms with Crippen LogP contribution in [0.15, 0.2) is 72.9 Å². The highest BCUT2D eigenvalue weighted by Crippen LogP contribution is 2.62. The van der Waals surface area contributed by atoms with Crippen LogP contribution >= 0.6 is 7.60 Å². The fourth-order valence-electron chi connectivity index (χ4n) is 5.34. The van der Waals surface area contributed by atoms with E-state index in [1.807, 2.05) is 31.3 Å². The SMILES string of the molecule is CCOP(=O)(OCC)C(F)(F)Cc1ccc(COc2ccc(CCc3cnc4c(N)nc5cc(C)ccc5c4c3)c(C)c2)cc1. The Morgan fingerprint density at radius 2 is 1.56 bits per heavy atom. The quantitative estimate of drug-likeness (QED) is 0.102. The molecule has 2 N–H and O–H groups in total. The van der Waals surface area contributed by atoms with Crippen LogP contribution in [0.3, 0.4) is 0 Å². The number of aryl methyl sites for hydroxylation is 4. The molecule has 5 rings (SSSR count). The Bertz CT molecular complexity index is 1850. The fourth-order valence-corrected chi connectivity index (χ4v) is 6.85. The molecular weight excluding hydrogens is 595 g/mol. The molecule has 0 bridgehead atoms. The number of rotatable bonds is 13. The van der Waals surface area contributed by atoms with Gasteiger partial charge in [0.15, 0.2) is 5.82 Å². The number of alkyl halides is 2. The number of hydrogen-bond donors (Lipinski definition) is 1. The molecule has 0 unspecified atom stereocenters. The Labute approximate surface area is 262 Å². The van der Waals surface area contributed by atoms with Gasteiger partial charge in [-0.1, -0.05) is 42.5 Å². The first-order valence-corrected chi connectivity index (χ1v) is 16.6. The Kier molecular flexibility index (Phi) is 9.82. The van der Waals surface area contributed by atoms with Crippen molar-refractivity contribution in [3.8, 4) is 5.75 Å². The number of hydrogen-bond acceptors (Lipinski definition) is 7. The van der Waals surface area contributed by atoms with Crippen molar-refractivity contribution in [2.45, 2.75) is 59.2 Å². The highest BCUT2D eigenvalue weighted by Gasteiger charge is 2.53. The van der Waals surface area contributed by atoms with E-state index in [1.165, 1.54) is 19.4 Å². The molecule has 0 amide bonds. The monoisotopic (exact) mass is 633 g/mol. The molecule has 0 fully saturated rings. The largest absolute Gasteiger partial charge is 0.489 e. The summed E-state index contributed by atoms with van der Waals surface area (Å²) in [5.74, 6) is 1.16. The summed E-state index contributed by atoms with van der Waals surface area (Å²) in [5.41, 5.74) is 9.88. The number of benzene rings is 3. The highest BCUT2D eigenvalue weighted by molar-refractivity contribution is 7.55. The molecule has 7 nitrogen and oxygen atoms in total. The number of pyridine rings is 2. The van der Waals surface area contributed by atoms with E-state index in [0.29, 0.717) is 16.9 Å². The van der Waals surface area contributed by atoms with Gasteiger partial charge >= 0.3 is 13.3 Å². The van der Waals surface area contributed by atoms with Gasteiger partial charge in [0.05, 0.1) is 18.7 Å². The van der Waals surface area contributed by atoms with Gasteiger partial charge < -0.3 is 19.5 Å². The summed E-state index contributed by atoms with van der Waals surface area (Å²) in [6.07, 6.45) is 2.77. The van der Waals surface area contributed by atoms with Crippen LogP contribution in [0.25, 0.3) is 21.8 Å². The van der Waals surface area contributed by atoms with Crippen molar-refractivity contribution in [2.75, 3.05) is 18.9 Å². The second-order valence-corrected chi connectivity index (χ2v) is 13.3. The predicted octanol–water partition coefficient (Wildman–Crippen LogP) is 8.75. The zero-order chi connectivity index (χ0) is 32.2. The molecule has 3 aromatic carbocycles. The Morgan fingerprint density at radius 3 is 2.24 bits per heavy atom. The molecule has 0 aliphatic carbocycles. The highest BCUT2D eigenvalue weighted by atomic mass is 31.2. The minimum atomic E-state index is -4.57. The lowest BCUT2D eigenvalue weighted by molar-refractivity contribution is 0.0393. The molecule has 236 valence electrons. The third-order valence-corrected chi connectivity index (χ3v) is 9.87. The number of anilines is 1. The van der Waals surface area contributed by atoms with E-state index < -0.39 is 19.7 Å². The van der Waals surface area contributed by atoms with E-state index in [4.69, 9.17) is 19.5 Å². The van der Waals surface area contributed by atoms with Gasteiger partial charge in [-0.3, -0.25) is 9.55 Å². The van der Waals surface area contributed by atoms with Crippen molar-refractivity contribution in [1.29, 1.82) is 0 Å². The molecule has 0 aliphatic heterocycles. The summed E-state index contributed by atoms with van der Waals surface area (Å²) in [4.78, 5) is 9.17. The maximum absolute atomic E-state index is 14.8. The second kappa shape index (κ2) is 13.6. The van der Waals surface area contributed by atoms with Crippen LogP contribution < -0.4 is 10.5 Å². The van der Waals surface area contributed by atoms with Crippen molar-refractivity contribution in [3.63, 3.8) is 0 Å². The minimum absolute atomic E-state index is 0.128. The van der Waals surface area contributed by atoms with Crippen LogP contribution in [-0.2, 0) is 39.5 Å². The van der Waals surface area contributed by atoms with Gasteiger partial charge in [0, 0.05) is 23.4 Å². The number of nitrogens with two attached hydrogens (primary N) is 1. The van der Waals surface area contributed by atoms with Crippen molar-refractivity contribution in [1.82, 2.24) is 9.97 Å². The molecule has 2 aromatic heterocycles. The third kappa shape index (κ3) is 7.33. The Hall–Kier alpha value is -3.91. The molecule has 2 heterocycles. The lowest BCUT2D eigenvalue weighted by Gasteiger charge is -2.25. The van der Waals surface area contributed by atoms with Crippen LogP contribution in [0.1, 0.15) is 47.2 Å². The number of aromatic nitrogens is 2. The van der Waals surface area contributed by atoms with Crippen LogP contribution in [0.5, 0.6) is 5.75 Å². The van der Waals surface area contributed by atoms with Crippen molar-refractivity contribution >= 4 is 35.2 Å². The molecule has 10 heteroatoms. The predicted molar refractivity (Wildman–Crippen MR) is 175 cm³/mol. The molecule has 45 heavy (non-hydrogen) atoms. The Morgan fingerprint density at radius 1 is 0.844 bits per heavy atom. The van der Waals surface area contributed by atoms with Crippen LogP contribution in [0, 0.1) is 13.8 Å². The standard InChI is InChI=1S/C35H38F2N3O4P/c1-5-43-45(41,44-6-2)35(36,37)20-25-8-10-26(11-9-25)22-42-29-15-14-28(24(4)18-29)13-12-27-19-31-30-16-7-23(3)17-32(30)40-34(38)33(31)39-21-27/h7-11,14-19,21H,5-6,12-13,20,22H2,1-4H3,(H2,38,40). The molecule has 5 aromatic rings. The first kappa shape index (κ1) is 32.5. The summed E-state index contributed by atoms with van der Waals surface area (Å²) in [7, 11) is -4.57. The third-order valence-electron chi connectivity index (χ3n) is 7.71. The topological polar surface area (TPSA) is 96.6 Å². The Balaban J connectivity index is 1.20. The zero-order valence-electron chi connectivity index (χ0n) is 26.0. The summed E-state index contributed by atoms with van der Waals surface area (Å²) in [5, 5.41) is 2.05. The normalized spacial score (nSPS) is 12.2. The van der Waals surface area contributed by atoms with Gasteiger partial charge in [0.2, 0.25) is 0 Å². The average Bonchev–Trinajstić information content (AvgIpc) is 3.00. The molecule has 0 saturated carbocycles. The summed E-state index contributed by atoms with van der Waals surface area (Å²) >= 11 is 0. The molecule has 0 saturated heterocycles. The molecular formula is C35H38F2N3O4P. The van der Waals surface area contributed by atoms with Crippen molar-refractivity contribution in [3.05, 3.63) is 106 Å². The lowest BCUT2D eigenvalue weighted by Crippen LogP contribution is -2.23. The lowest BCUT2D eigenvalue weighted by atomic mass is 9.99. The van der Waals surface area contributed by atoms with Crippen LogP contribution in [0.2, 0.25) is 0 Å². The molecule has 0 spiro atoms. The van der Waals surface area contributed by atoms with E-state index in [2.05, 4.69) is 41.2 Å². The molecule has 0 aliphatic rings. The second-order valence-electron chi connectivity index (χ2n) is 11.1. The van der Waals surface area contributed by atoms with Crippen molar-refractivity contribution in [2.24, 2.45) is 0 Å². The number of fused-ring (bicyclic) bond motifs is 3. The first-order valence-electron chi connectivity index (χ1n) is 15.0. The zero-order valence-corrected chi connectivity index (χ0v) is 26.9. The van der Waals surface area contributed by atoms with E-state index in [-0.39, 0.29) is 19.8 Å². The average molecular weight is 634 g/mol. The van der Waals surface area contributed by atoms with Crippen LogP contribution in [0.4, 0.5) is 14.6 Å². The van der Waals surface area contributed by atoms with E-state index in [0.717, 1.165) is 57.1 Å². The van der Waals surface area contributed by atoms with Gasteiger partial charge in [-0.05, 0) is 98.2 Å². The minimum Gasteiger partial charge on any atom is -0.489 e. The van der Waals surface area contributed by atoms with E-state index >= 15 is 0 Å². The van der Waals surface area contributed by atoms with Gasteiger partial charge in [-0.25, -0.2) is 4.98 Å². The molecule has 0 radical (unpaired) electrons. The van der Waals surface area contributed by atoms with Crippen molar-refractivity contribution < 1.29 is 27.1 Å².